The zero-order chi connectivity index (χ0) is 12.7. The van der Waals surface area contributed by atoms with Crippen molar-refractivity contribution >= 4 is 23.2 Å². The van der Waals surface area contributed by atoms with Crippen molar-refractivity contribution in [2.45, 2.75) is 25.8 Å². The van der Waals surface area contributed by atoms with Crippen molar-refractivity contribution in [1.29, 1.82) is 0 Å². The molecule has 0 aromatic heterocycles. The van der Waals surface area contributed by atoms with E-state index in [1.807, 2.05) is 12.1 Å². The van der Waals surface area contributed by atoms with Gasteiger partial charge >= 0.3 is 0 Å². The highest BCUT2D eigenvalue weighted by Crippen LogP contribution is 2.26. The molecule has 1 rings (SSSR count). The van der Waals surface area contributed by atoms with Crippen LogP contribution in [-0.2, 0) is 4.74 Å². The molecule has 0 saturated carbocycles. The lowest BCUT2D eigenvalue weighted by Gasteiger charge is -2.16. The van der Waals surface area contributed by atoms with Gasteiger partial charge in [-0.3, -0.25) is 0 Å². The van der Waals surface area contributed by atoms with Crippen LogP contribution in [0.15, 0.2) is 18.2 Å². The van der Waals surface area contributed by atoms with E-state index < -0.39 is 0 Å². The number of rotatable bonds is 7. The molecule has 2 nitrogen and oxygen atoms in total. The predicted molar refractivity (Wildman–Crippen MR) is 74.0 cm³/mol. The molecule has 0 aliphatic carbocycles. The van der Waals surface area contributed by atoms with Gasteiger partial charge in [-0.25, -0.2) is 0 Å². The molecule has 0 spiro atoms. The Morgan fingerprint density at radius 2 is 2.06 bits per heavy atom. The standard InChI is InChI=1S/C13H19Cl2NO/c1-10(16-7-3-4-8-17-2)12-9-11(14)5-6-13(12)15/h5-6,9-10,16H,3-4,7-8H2,1-2H3. The molecule has 0 saturated heterocycles. The van der Waals surface area contributed by atoms with E-state index in [0.29, 0.717) is 0 Å². The van der Waals surface area contributed by atoms with E-state index in [1.54, 1.807) is 13.2 Å². The number of unbranched alkanes of at least 4 members (excludes halogenated alkanes) is 1. The van der Waals surface area contributed by atoms with E-state index in [0.717, 1.165) is 41.6 Å². The average molecular weight is 276 g/mol. The smallest absolute Gasteiger partial charge is 0.0462 e. The summed E-state index contributed by atoms with van der Waals surface area (Å²) in [5.41, 5.74) is 1.05. The van der Waals surface area contributed by atoms with E-state index in [-0.39, 0.29) is 6.04 Å². The highest BCUT2D eigenvalue weighted by molar-refractivity contribution is 6.33. The second-order valence-electron chi connectivity index (χ2n) is 4.04. The first-order valence-corrected chi connectivity index (χ1v) is 6.58. The second kappa shape index (κ2) is 7.93. The Morgan fingerprint density at radius 3 is 2.76 bits per heavy atom. The van der Waals surface area contributed by atoms with Crippen LogP contribution in [0.25, 0.3) is 0 Å². The summed E-state index contributed by atoms with van der Waals surface area (Å²) in [5, 5.41) is 4.90. The highest BCUT2D eigenvalue weighted by atomic mass is 35.5. The molecule has 0 bridgehead atoms. The van der Waals surface area contributed by atoms with Crippen molar-refractivity contribution in [1.82, 2.24) is 5.32 Å². The number of nitrogens with one attached hydrogen (secondary N) is 1. The normalized spacial score (nSPS) is 12.7. The van der Waals surface area contributed by atoms with Gasteiger partial charge in [0.25, 0.3) is 0 Å². The highest BCUT2D eigenvalue weighted by Gasteiger charge is 2.09. The van der Waals surface area contributed by atoms with Gasteiger partial charge in [0.15, 0.2) is 0 Å². The maximum atomic E-state index is 6.13. The SMILES string of the molecule is COCCCCNC(C)c1cc(Cl)ccc1Cl. The van der Waals surface area contributed by atoms with Crippen molar-refractivity contribution < 1.29 is 4.74 Å². The summed E-state index contributed by atoms with van der Waals surface area (Å²) in [5.74, 6) is 0. The molecule has 17 heavy (non-hydrogen) atoms. The monoisotopic (exact) mass is 275 g/mol. The molecule has 0 amide bonds. The summed E-state index contributed by atoms with van der Waals surface area (Å²) in [6.07, 6.45) is 2.16. The maximum Gasteiger partial charge on any atom is 0.0462 e. The number of halogens is 2. The molecule has 1 aromatic carbocycles. The van der Waals surface area contributed by atoms with Crippen LogP contribution in [0, 0.1) is 0 Å². The fraction of sp³-hybridized carbons (Fsp3) is 0.538. The molecule has 0 aliphatic heterocycles. The molecule has 0 fully saturated rings. The molecule has 0 aliphatic rings. The molecule has 1 aromatic rings. The first-order chi connectivity index (χ1) is 8.15. The van der Waals surface area contributed by atoms with E-state index in [4.69, 9.17) is 27.9 Å². The summed E-state index contributed by atoms with van der Waals surface area (Å²) in [4.78, 5) is 0. The van der Waals surface area contributed by atoms with Crippen molar-refractivity contribution in [3.05, 3.63) is 33.8 Å². The number of benzene rings is 1. The van der Waals surface area contributed by atoms with E-state index >= 15 is 0 Å². The van der Waals surface area contributed by atoms with Crippen LogP contribution in [0.2, 0.25) is 10.0 Å². The number of methoxy groups -OCH3 is 1. The van der Waals surface area contributed by atoms with Gasteiger partial charge in [0.2, 0.25) is 0 Å². The predicted octanol–water partition coefficient (Wildman–Crippen LogP) is 4.07. The topological polar surface area (TPSA) is 21.3 Å². The lowest BCUT2D eigenvalue weighted by molar-refractivity contribution is 0.192. The molecule has 1 N–H and O–H groups in total. The van der Waals surface area contributed by atoms with Crippen molar-refractivity contribution in [3.8, 4) is 0 Å². The third-order valence-electron chi connectivity index (χ3n) is 2.65. The van der Waals surface area contributed by atoms with Crippen molar-refractivity contribution in [2.24, 2.45) is 0 Å². The fourth-order valence-electron chi connectivity index (χ4n) is 1.65. The van der Waals surface area contributed by atoms with E-state index in [2.05, 4.69) is 12.2 Å². The van der Waals surface area contributed by atoms with Gasteiger partial charge in [0.05, 0.1) is 0 Å². The quantitative estimate of drug-likeness (QED) is 0.758. The minimum Gasteiger partial charge on any atom is -0.385 e. The Labute approximate surface area is 113 Å². The Bertz CT molecular complexity index is 344. The largest absolute Gasteiger partial charge is 0.385 e. The van der Waals surface area contributed by atoms with Gasteiger partial charge in [-0.2, -0.15) is 0 Å². The zero-order valence-corrected chi connectivity index (χ0v) is 11.8. The van der Waals surface area contributed by atoms with Gasteiger partial charge in [0, 0.05) is 29.8 Å². The van der Waals surface area contributed by atoms with Gasteiger partial charge in [-0.15, -0.1) is 0 Å². The van der Waals surface area contributed by atoms with Crippen LogP contribution in [0.4, 0.5) is 0 Å². The van der Waals surface area contributed by atoms with Crippen LogP contribution in [0.5, 0.6) is 0 Å². The number of ether oxygens (including phenoxy) is 1. The van der Waals surface area contributed by atoms with Crippen LogP contribution in [0.1, 0.15) is 31.4 Å². The van der Waals surface area contributed by atoms with Crippen LogP contribution in [0.3, 0.4) is 0 Å². The zero-order valence-electron chi connectivity index (χ0n) is 10.3. The summed E-state index contributed by atoms with van der Waals surface area (Å²) in [6.45, 7) is 3.86. The minimum atomic E-state index is 0.212. The van der Waals surface area contributed by atoms with E-state index in [1.165, 1.54) is 0 Å². The number of hydrogen-bond donors (Lipinski definition) is 1. The van der Waals surface area contributed by atoms with Crippen LogP contribution >= 0.6 is 23.2 Å². The van der Waals surface area contributed by atoms with Gasteiger partial charge < -0.3 is 10.1 Å². The Balaban J connectivity index is 2.41. The van der Waals surface area contributed by atoms with Gasteiger partial charge in [-0.05, 0) is 50.1 Å². The second-order valence-corrected chi connectivity index (χ2v) is 4.89. The lowest BCUT2D eigenvalue weighted by atomic mass is 10.1. The fourth-order valence-corrected chi connectivity index (χ4v) is 2.11. The summed E-state index contributed by atoms with van der Waals surface area (Å²) < 4.78 is 5.00. The van der Waals surface area contributed by atoms with Gasteiger partial charge in [0.1, 0.15) is 0 Å². The third-order valence-corrected chi connectivity index (χ3v) is 3.23. The minimum absolute atomic E-state index is 0.212. The average Bonchev–Trinajstić information content (AvgIpc) is 2.32. The van der Waals surface area contributed by atoms with Crippen LogP contribution in [-0.4, -0.2) is 20.3 Å². The molecule has 4 heteroatoms. The molecule has 96 valence electrons. The van der Waals surface area contributed by atoms with Gasteiger partial charge in [-0.1, -0.05) is 23.2 Å². The van der Waals surface area contributed by atoms with Crippen LogP contribution < -0.4 is 5.32 Å². The van der Waals surface area contributed by atoms with Crippen molar-refractivity contribution in [3.63, 3.8) is 0 Å². The third kappa shape index (κ3) is 5.26. The maximum absolute atomic E-state index is 6.13. The lowest BCUT2D eigenvalue weighted by Crippen LogP contribution is -2.20. The van der Waals surface area contributed by atoms with E-state index in [9.17, 15) is 0 Å². The Kier molecular flexibility index (Phi) is 6.90. The first-order valence-electron chi connectivity index (χ1n) is 5.82. The Hall–Kier alpha value is -0.280. The number of hydrogen-bond acceptors (Lipinski definition) is 2. The molecule has 0 radical (unpaired) electrons. The molecule has 0 heterocycles. The summed E-state index contributed by atoms with van der Waals surface area (Å²) in [7, 11) is 1.72. The first kappa shape index (κ1) is 14.8. The molecule has 1 atom stereocenters. The molecule has 1 unspecified atom stereocenters. The molecular weight excluding hydrogens is 257 g/mol. The Morgan fingerprint density at radius 1 is 1.29 bits per heavy atom. The van der Waals surface area contributed by atoms with Crippen molar-refractivity contribution in [2.75, 3.05) is 20.3 Å². The summed E-state index contributed by atoms with van der Waals surface area (Å²) >= 11 is 12.1. The molecular formula is C13H19Cl2NO. The summed E-state index contributed by atoms with van der Waals surface area (Å²) in [6, 6.07) is 5.77.